The third-order valence-corrected chi connectivity index (χ3v) is 7.78. The molecule has 6 aromatic rings. The lowest BCUT2D eigenvalue weighted by Crippen LogP contribution is -2.21. The van der Waals surface area contributed by atoms with Crippen LogP contribution in [0.15, 0.2) is 97.5 Å². The molecule has 2 amide bonds. The molecule has 0 atom stereocenters. The van der Waals surface area contributed by atoms with Crippen molar-refractivity contribution in [3.8, 4) is 11.4 Å². The van der Waals surface area contributed by atoms with Crippen molar-refractivity contribution >= 4 is 39.9 Å². The molecule has 0 spiro atoms. The molecule has 3 aromatic carbocycles. The van der Waals surface area contributed by atoms with Crippen LogP contribution in [0.3, 0.4) is 0 Å². The molecule has 0 aliphatic heterocycles. The normalized spacial score (nSPS) is 11.4. The third-order valence-electron chi connectivity index (χ3n) is 7.78. The van der Waals surface area contributed by atoms with E-state index in [1.165, 1.54) is 11.8 Å². The number of aliphatic hydroxyl groups excluding tert-OH is 1. The van der Waals surface area contributed by atoms with E-state index in [0.29, 0.717) is 41.2 Å². The summed E-state index contributed by atoms with van der Waals surface area (Å²) >= 11 is 0. The summed E-state index contributed by atoms with van der Waals surface area (Å²) in [4.78, 5) is 26.2. The van der Waals surface area contributed by atoms with Gasteiger partial charge in [-0.2, -0.15) is 5.10 Å². The number of rotatable bonds is 10. The number of carbonyl (C=O) groups is 1. The number of anilines is 4. The molecule has 11 heteroatoms. The van der Waals surface area contributed by atoms with Crippen LogP contribution >= 0.6 is 0 Å². The number of nitrogens with one attached hydrogen (secondary N) is 3. The first-order chi connectivity index (χ1) is 23.2. The number of carbonyl (C=O) groups excluding carboxylic acids is 1. The fourth-order valence-corrected chi connectivity index (χ4v) is 5.11. The monoisotopic (exact) mass is 642 g/mol. The van der Waals surface area contributed by atoms with Gasteiger partial charge in [0.25, 0.3) is 0 Å². The SMILES string of the molecule is CCc1ccc(-n2nc(C(C)(C)C)cc2NC(=O)Nc2ccc(OCc3ccnc(Nc4cnc(CO)cn4)c3)c3ccccc23)cc1. The number of ether oxygens (including phenoxy) is 1. The number of amides is 2. The lowest BCUT2D eigenvalue weighted by molar-refractivity contribution is 0.262. The van der Waals surface area contributed by atoms with E-state index in [0.717, 1.165) is 34.1 Å². The zero-order valence-electron chi connectivity index (χ0n) is 27.4. The molecule has 244 valence electrons. The summed E-state index contributed by atoms with van der Waals surface area (Å²) < 4.78 is 8.03. The molecular weight excluding hydrogens is 604 g/mol. The molecule has 0 unspecified atom stereocenters. The van der Waals surface area contributed by atoms with Crippen molar-refractivity contribution in [1.29, 1.82) is 0 Å². The maximum absolute atomic E-state index is 13.4. The van der Waals surface area contributed by atoms with E-state index in [-0.39, 0.29) is 18.1 Å². The smallest absolute Gasteiger partial charge is 0.324 e. The molecule has 11 nitrogen and oxygen atoms in total. The fraction of sp³-hybridized carbons (Fsp3) is 0.216. The van der Waals surface area contributed by atoms with Gasteiger partial charge in [0.05, 0.1) is 41.8 Å². The summed E-state index contributed by atoms with van der Waals surface area (Å²) in [6, 6.07) is 24.9. The van der Waals surface area contributed by atoms with Crippen LogP contribution in [0.25, 0.3) is 16.5 Å². The molecule has 6 rings (SSSR count). The number of hydrogen-bond donors (Lipinski definition) is 4. The number of hydrogen-bond acceptors (Lipinski definition) is 8. The van der Waals surface area contributed by atoms with Gasteiger partial charge in [-0.05, 0) is 53.9 Å². The van der Waals surface area contributed by atoms with E-state index in [4.69, 9.17) is 9.84 Å². The molecule has 4 N–H and O–H groups in total. The molecule has 0 radical (unpaired) electrons. The lowest BCUT2D eigenvalue weighted by Gasteiger charge is -2.15. The molecule has 0 saturated carbocycles. The summed E-state index contributed by atoms with van der Waals surface area (Å²) in [5, 5.41) is 24.9. The van der Waals surface area contributed by atoms with E-state index >= 15 is 0 Å². The molecule has 0 bridgehead atoms. The number of aliphatic hydroxyl groups is 1. The molecule has 48 heavy (non-hydrogen) atoms. The Morgan fingerprint density at radius 3 is 2.35 bits per heavy atom. The number of nitrogens with zero attached hydrogens (tertiary/aromatic N) is 5. The van der Waals surface area contributed by atoms with E-state index < -0.39 is 0 Å². The first-order valence-electron chi connectivity index (χ1n) is 15.8. The third kappa shape index (κ3) is 7.42. The maximum atomic E-state index is 13.4. The van der Waals surface area contributed by atoms with Gasteiger partial charge in [-0.1, -0.05) is 64.1 Å². The summed E-state index contributed by atoms with van der Waals surface area (Å²) in [5.74, 6) is 2.36. The van der Waals surface area contributed by atoms with E-state index in [1.807, 2.05) is 66.7 Å². The van der Waals surface area contributed by atoms with Gasteiger partial charge < -0.3 is 20.5 Å². The minimum atomic E-state index is -0.381. The predicted octanol–water partition coefficient (Wildman–Crippen LogP) is 7.53. The highest BCUT2D eigenvalue weighted by Gasteiger charge is 2.22. The summed E-state index contributed by atoms with van der Waals surface area (Å²) in [5.41, 5.74) is 4.79. The van der Waals surface area contributed by atoms with Crippen LogP contribution in [-0.2, 0) is 25.0 Å². The van der Waals surface area contributed by atoms with Crippen LogP contribution in [0.1, 0.15) is 50.2 Å². The molecule has 0 aliphatic rings. The van der Waals surface area contributed by atoms with Crippen LogP contribution in [0.4, 0.5) is 27.9 Å². The second kappa shape index (κ2) is 13.9. The quantitative estimate of drug-likeness (QED) is 0.120. The largest absolute Gasteiger partial charge is 0.488 e. The number of aryl methyl sites for hydroxylation is 1. The Balaban J connectivity index is 1.17. The van der Waals surface area contributed by atoms with Gasteiger partial charge in [-0.3, -0.25) is 10.3 Å². The Bertz CT molecular complexity index is 2030. The Kier molecular flexibility index (Phi) is 9.31. The number of fused-ring (bicyclic) bond motifs is 1. The Labute approximate surface area is 279 Å². The van der Waals surface area contributed by atoms with Crippen molar-refractivity contribution in [2.75, 3.05) is 16.0 Å². The van der Waals surface area contributed by atoms with Crippen LogP contribution in [0.5, 0.6) is 5.75 Å². The zero-order valence-corrected chi connectivity index (χ0v) is 27.4. The second-order valence-electron chi connectivity index (χ2n) is 12.3. The topological polar surface area (TPSA) is 139 Å². The number of benzene rings is 3. The number of aromatic nitrogens is 5. The van der Waals surface area contributed by atoms with Crippen molar-refractivity contribution < 1.29 is 14.6 Å². The van der Waals surface area contributed by atoms with Gasteiger partial charge in [-0.15, -0.1) is 0 Å². The van der Waals surface area contributed by atoms with Crippen molar-refractivity contribution in [2.24, 2.45) is 0 Å². The predicted molar refractivity (Wildman–Crippen MR) is 188 cm³/mol. The average Bonchev–Trinajstić information content (AvgIpc) is 3.53. The van der Waals surface area contributed by atoms with Gasteiger partial charge in [0.1, 0.15) is 29.8 Å². The Hall–Kier alpha value is -5.81. The molecule has 0 fully saturated rings. The zero-order chi connectivity index (χ0) is 33.7. The summed E-state index contributed by atoms with van der Waals surface area (Å²) in [6.07, 6.45) is 5.68. The van der Waals surface area contributed by atoms with Crippen molar-refractivity contribution in [1.82, 2.24) is 24.7 Å². The minimum Gasteiger partial charge on any atom is -0.488 e. The fourth-order valence-electron chi connectivity index (χ4n) is 5.11. The first-order valence-corrected chi connectivity index (χ1v) is 15.8. The van der Waals surface area contributed by atoms with Gasteiger partial charge in [-0.25, -0.2) is 19.4 Å². The standard InChI is InChI=1S/C37H38N8O3/c1-5-24-10-12-27(13-11-24)45-35(19-32(44-45)37(2,3)4)43-36(47)41-30-14-15-31(29-9-7-6-8-28(29)30)48-23-25-16-17-38-33(18-25)42-34-21-39-26(22-46)20-40-34/h6-21,46H,5,22-23H2,1-4H3,(H,38,40,42)(H2,41,43,47). The van der Waals surface area contributed by atoms with E-state index in [1.54, 1.807) is 17.1 Å². The number of urea groups is 1. The van der Waals surface area contributed by atoms with Crippen LogP contribution in [0.2, 0.25) is 0 Å². The van der Waals surface area contributed by atoms with Crippen molar-refractivity contribution in [2.45, 2.75) is 52.7 Å². The highest BCUT2D eigenvalue weighted by atomic mass is 16.5. The van der Waals surface area contributed by atoms with Crippen LogP contribution in [-0.4, -0.2) is 35.9 Å². The molecule has 0 saturated heterocycles. The lowest BCUT2D eigenvalue weighted by atomic mass is 9.92. The molecule has 0 aliphatic carbocycles. The van der Waals surface area contributed by atoms with Crippen LogP contribution < -0.4 is 20.7 Å². The van der Waals surface area contributed by atoms with E-state index in [2.05, 4.69) is 70.7 Å². The highest BCUT2D eigenvalue weighted by Crippen LogP contribution is 2.33. The Morgan fingerprint density at radius 2 is 1.65 bits per heavy atom. The first kappa shape index (κ1) is 32.1. The number of pyridine rings is 1. The maximum Gasteiger partial charge on any atom is 0.324 e. The van der Waals surface area contributed by atoms with Crippen molar-refractivity contribution in [3.63, 3.8) is 0 Å². The van der Waals surface area contributed by atoms with Gasteiger partial charge in [0, 0.05) is 28.5 Å². The molecule has 3 heterocycles. The summed E-state index contributed by atoms with van der Waals surface area (Å²) in [7, 11) is 0. The minimum absolute atomic E-state index is 0.170. The average molecular weight is 643 g/mol. The summed E-state index contributed by atoms with van der Waals surface area (Å²) in [6.45, 7) is 8.53. The van der Waals surface area contributed by atoms with Gasteiger partial charge in [0.15, 0.2) is 0 Å². The van der Waals surface area contributed by atoms with Gasteiger partial charge >= 0.3 is 6.03 Å². The second-order valence-corrected chi connectivity index (χ2v) is 12.3. The Morgan fingerprint density at radius 1 is 0.854 bits per heavy atom. The van der Waals surface area contributed by atoms with Crippen molar-refractivity contribution in [3.05, 3.63) is 120 Å². The highest BCUT2D eigenvalue weighted by molar-refractivity contribution is 6.07. The molecular formula is C37H38N8O3. The van der Waals surface area contributed by atoms with Crippen LogP contribution in [0, 0.1) is 0 Å². The van der Waals surface area contributed by atoms with E-state index in [9.17, 15) is 9.90 Å². The molecule has 3 aromatic heterocycles. The van der Waals surface area contributed by atoms with Gasteiger partial charge in [0.2, 0.25) is 0 Å².